The zero-order valence-electron chi connectivity index (χ0n) is 8.95. The van der Waals surface area contributed by atoms with Crippen molar-refractivity contribution in [3.8, 4) is 0 Å². The largest absolute Gasteiger partial charge is 0.481 e. The van der Waals surface area contributed by atoms with Gasteiger partial charge in [-0.2, -0.15) is 5.10 Å². The summed E-state index contributed by atoms with van der Waals surface area (Å²) < 4.78 is 26.2. The number of carbonyl (C=O) groups is 1. The van der Waals surface area contributed by atoms with Crippen LogP contribution in [-0.4, -0.2) is 29.7 Å². The Kier molecular flexibility index (Phi) is 3.34. The molecule has 0 saturated heterocycles. The standard InChI is InChI=1S/C9H9N3O4S2/c13-8(14)3-7-1-2-9(17-7)18(15,16)12-6-4-10-11-5-6/h1-2,4-5,12H,3H2,(H,10,11)(H,13,14). The molecular weight excluding hydrogens is 278 g/mol. The first-order chi connectivity index (χ1) is 8.47. The van der Waals surface area contributed by atoms with Crippen LogP contribution in [0.2, 0.25) is 0 Å². The number of nitrogens with one attached hydrogen (secondary N) is 2. The summed E-state index contributed by atoms with van der Waals surface area (Å²) in [6.45, 7) is 0. The average molecular weight is 287 g/mol. The second-order valence-electron chi connectivity index (χ2n) is 3.38. The highest BCUT2D eigenvalue weighted by molar-refractivity contribution is 7.94. The van der Waals surface area contributed by atoms with Crippen LogP contribution in [0.4, 0.5) is 5.69 Å². The van der Waals surface area contributed by atoms with Gasteiger partial charge in [-0.15, -0.1) is 11.3 Å². The van der Waals surface area contributed by atoms with Gasteiger partial charge < -0.3 is 5.11 Å². The van der Waals surface area contributed by atoms with E-state index in [4.69, 9.17) is 5.11 Å². The third kappa shape index (κ3) is 2.87. The Morgan fingerprint density at radius 2 is 2.28 bits per heavy atom. The number of H-pyrrole nitrogens is 1. The second-order valence-corrected chi connectivity index (χ2v) is 6.46. The lowest BCUT2D eigenvalue weighted by molar-refractivity contribution is -0.136. The molecular formula is C9H9N3O4S2. The molecule has 3 N–H and O–H groups in total. The number of sulfonamides is 1. The lowest BCUT2D eigenvalue weighted by atomic mass is 10.3. The number of hydrogen-bond acceptors (Lipinski definition) is 5. The fourth-order valence-corrected chi connectivity index (χ4v) is 3.64. The molecule has 0 atom stereocenters. The van der Waals surface area contributed by atoms with Crippen molar-refractivity contribution < 1.29 is 18.3 Å². The van der Waals surface area contributed by atoms with E-state index in [1.807, 2.05) is 0 Å². The predicted molar refractivity (Wildman–Crippen MR) is 65.1 cm³/mol. The van der Waals surface area contributed by atoms with Crippen molar-refractivity contribution in [2.45, 2.75) is 10.6 Å². The van der Waals surface area contributed by atoms with Crippen LogP contribution in [0.3, 0.4) is 0 Å². The molecule has 2 rings (SSSR count). The van der Waals surface area contributed by atoms with Gasteiger partial charge in [0, 0.05) is 11.1 Å². The van der Waals surface area contributed by atoms with E-state index in [0.29, 0.717) is 10.6 Å². The van der Waals surface area contributed by atoms with Crippen LogP contribution in [-0.2, 0) is 21.2 Å². The Labute approximate surface area is 107 Å². The molecule has 0 fully saturated rings. The van der Waals surface area contributed by atoms with E-state index in [2.05, 4.69) is 14.9 Å². The van der Waals surface area contributed by atoms with E-state index in [1.165, 1.54) is 24.5 Å². The van der Waals surface area contributed by atoms with E-state index >= 15 is 0 Å². The molecule has 0 aromatic carbocycles. The number of anilines is 1. The van der Waals surface area contributed by atoms with Crippen molar-refractivity contribution in [1.29, 1.82) is 0 Å². The average Bonchev–Trinajstić information content (AvgIpc) is 2.87. The van der Waals surface area contributed by atoms with E-state index in [-0.39, 0.29) is 10.6 Å². The topological polar surface area (TPSA) is 112 Å². The molecule has 7 nitrogen and oxygen atoms in total. The van der Waals surface area contributed by atoms with E-state index in [9.17, 15) is 13.2 Å². The van der Waals surface area contributed by atoms with Gasteiger partial charge in [-0.05, 0) is 12.1 Å². The van der Waals surface area contributed by atoms with E-state index < -0.39 is 16.0 Å². The number of aromatic amines is 1. The zero-order chi connectivity index (χ0) is 13.2. The Morgan fingerprint density at radius 1 is 1.50 bits per heavy atom. The molecule has 0 unspecified atom stereocenters. The van der Waals surface area contributed by atoms with Crippen molar-refractivity contribution in [3.63, 3.8) is 0 Å². The highest BCUT2D eigenvalue weighted by Gasteiger charge is 2.18. The highest BCUT2D eigenvalue weighted by Crippen LogP contribution is 2.24. The maximum atomic E-state index is 11.9. The van der Waals surface area contributed by atoms with Crippen molar-refractivity contribution in [2.75, 3.05) is 4.72 Å². The molecule has 0 spiro atoms. The molecule has 0 radical (unpaired) electrons. The summed E-state index contributed by atoms with van der Waals surface area (Å²) in [6.07, 6.45) is 2.55. The van der Waals surface area contributed by atoms with Gasteiger partial charge in [0.15, 0.2) is 0 Å². The maximum absolute atomic E-state index is 11.9. The van der Waals surface area contributed by atoms with Gasteiger partial charge >= 0.3 is 5.97 Å². The number of carboxylic acid groups (broad SMARTS) is 1. The van der Waals surface area contributed by atoms with Gasteiger partial charge in [-0.3, -0.25) is 14.6 Å². The molecule has 0 saturated carbocycles. The lowest BCUT2D eigenvalue weighted by Crippen LogP contribution is -2.10. The number of nitrogens with zero attached hydrogens (tertiary/aromatic N) is 1. The van der Waals surface area contributed by atoms with Gasteiger partial charge in [-0.1, -0.05) is 0 Å². The minimum absolute atomic E-state index is 0.0694. The molecule has 2 aromatic rings. The number of rotatable bonds is 5. The summed E-state index contributed by atoms with van der Waals surface area (Å²) >= 11 is 0.928. The summed E-state index contributed by atoms with van der Waals surface area (Å²) in [5.74, 6) is -0.997. The summed E-state index contributed by atoms with van der Waals surface area (Å²) in [5, 5.41) is 14.7. The number of hydrogen-bond donors (Lipinski definition) is 3. The van der Waals surface area contributed by atoms with Crippen LogP contribution in [0.15, 0.2) is 28.7 Å². The summed E-state index contributed by atoms with van der Waals surface area (Å²) in [5.41, 5.74) is 0.322. The first-order valence-corrected chi connectivity index (χ1v) is 7.09. The zero-order valence-corrected chi connectivity index (χ0v) is 10.6. The Bertz CT molecular complexity index is 645. The molecule has 96 valence electrons. The lowest BCUT2D eigenvalue weighted by Gasteiger charge is -2.02. The second kappa shape index (κ2) is 4.78. The Morgan fingerprint density at radius 3 is 2.89 bits per heavy atom. The van der Waals surface area contributed by atoms with Gasteiger partial charge in [0.2, 0.25) is 0 Å². The van der Waals surface area contributed by atoms with Gasteiger partial charge in [0.05, 0.1) is 18.3 Å². The molecule has 0 amide bonds. The number of aliphatic carboxylic acids is 1. The fraction of sp³-hybridized carbons (Fsp3) is 0.111. The highest BCUT2D eigenvalue weighted by atomic mass is 32.2. The molecule has 9 heteroatoms. The van der Waals surface area contributed by atoms with E-state index in [0.717, 1.165) is 11.3 Å². The summed E-state index contributed by atoms with van der Waals surface area (Å²) in [7, 11) is -3.68. The third-order valence-corrected chi connectivity index (χ3v) is 4.94. The normalized spacial score (nSPS) is 11.3. The number of carboxylic acids is 1. The Balaban J connectivity index is 2.19. The van der Waals surface area contributed by atoms with Crippen LogP contribution in [0.5, 0.6) is 0 Å². The van der Waals surface area contributed by atoms with Crippen LogP contribution in [0.1, 0.15) is 4.88 Å². The van der Waals surface area contributed by atoms with Gasteiger partial charge in [0.1, 0.15) is 4.21 Å². The monoisotopic (exact) mass is 287 g/mol. The van der Waals surface area contributed by atoms with Crippen molar-refractivity contribution in [2.24, 2.45) is 0 Å². The molecule has 0 aliphatic rings. The van der Waals surface area contributed by atoms with Crippen LogP contribution >= 0.6 is 11.3 Å². The maximum Gasteiger partial charge on any atom is 0.308 e. The Hall–Kier alpha value is -1.87. The first kappa shape index (κ1) is 12.6. The fourth-order valence-electron chi connectivity index (χ4n) is 1.26. The number of thiophene rings is 1. The van der Waals surface area contributed by atoms with Crippen LogP contribution in [0.25, 0.3) is 0 Å². The summed E-state index contributed by atoms with van der Waals surface area (Å²) in [4.78, 5) is 11.0. The molecule has 2 aromatic heterocycles. The van der Waals surface area contributed by atoms with E-state index in [1.54, 1.807) is 0 Å². The van der Waals surface area contributed by atoms with Crippen molar-refractivity contribution >= 4 is 33.0 Å². The molecule has 2 heterocycles. The van der Waals surface area contributed by atoms with Crippen molar-refractivity contribution in [3.05, 3.63) is 29.4 Å². The van der Waals surface area contributed by atoms with Gasteiger partial charge in [-0.25, -0.2) is 8.42 Å². The first-order valence-electron chi connectivity index (χ1n) is 4.79. The van der Waals surface area contributed by atoms with Crippen LogP contribution in [0, 0.1) is 0 Å². The quantitative estimate of drug-likeness (QED) is 0.756. The van der Waals surface area contributed by atoms with Crippen LogP contribution < -0.4 is 4.72 Å². The molecule has 0 aliphatic carbocycles. The third-order valence-electron chi connectivity index (χ3n) is 1.98. The van der Waals surface area contributed by atoms with Crippen molar-refractivity contribution in [1.82, 2.24) is 10.2 Å². The minimum Gasteiger partial charge on any atom is -0.481 e. The SMILES string of the molecule is O=C(O)Cc1ccc(S(=O)(=O)Nc2cn[nH]c2)s1. The predicted octanol–water partition coefficient (Wildman–Crippen LogP) is 0.899. The smallest absolute Gasteiger partial charge is 0.308 e. The number of aromatic nitrogens is 2. The molecule has 18 heavy (non-hydrogen) atoms. The molecule has 0 aliphatic heterocycles. The van der Waals surface area contributed by atoms with Gasteiger partial charge in [0.25, 0.3) is 10.0 Å². The minimum atomic E-state index is -3.68. The summed E-state index contributed by atoms with van der Waals surface area (Å²) in [6, 6.07) is 2.87. The molecule has 0 bridgehead atoms.